The summed E-state index contributed by atoms with van der Waals surface area (Å²) in [5.74, 6) is -0.427. The first-order chi connectivity index (χ1) is 11.3. The lowest BCUT2D eigenvalue weighted by atomic mass is 10.1. The summed E-state index contributed by atoms with van der Waals surface area (Å²) in [6, 6.07) is 10.0. The number of hydrogen-bond donors (Lipinski definition) is 1. The molecule has 2 rings (SSSR count). The maximum atomic E-state index is 12.2. The van der Waals surface area contributed by atoms with Gasteiger partial charge in [-0.1, -0.05) is 18.2 Å². The fourth-order valence-corrected chi connectivity index (χ4v) is 2.06. The first-order valence-electron chi connectivity index (χ1n) is 7.31. The minimum atomic E-state index is -4.51. The van der Waals surface area contributed by atoms with Crippen LogP contribution in [0, 0.1) is 0 Å². The first-order valence-corrected chi connectivity index (χ1v) is 7.31. The summed E-state index contributed by atoms with van der Waals surface area (Å²) in [6.45, 7) is 1.99. The number of rotatable bonds is 6. The van der Waals surface area contributed by atoms with Crippen molar-refractivity contribution in [2.24, 2.45) is 0 Å². The zero-order valence-corrected chi connectivity index (χ0v) is 13.0. The standard InChI is InChI=1S/C17H17F3N2O2/c1-12(22-16(23)9-17(18,19)20)14-4-6-15(7-5-14)24-11-13-3-2-8-21-10-13/h2-8,10,12H,9,11H2,1H3,(H,22,23)/t12-/m1/s1. The highest BCUT2D eigenvalue weighted by atomic mass is 19.4. The molecule has 0 fully saturated rings. The van der Waals surface area contributed by atoms with E-state index in [1.54, 1.807) is 43.6 Å². The van der Waals surface area contributed by atoms with Crippen LogP contribution in [0.15, 0.2) is 48.8 Å². The van der Waals surface area contributed by atoms with Crippen molar-refractivity contribution in [3.05, 3.63) is 59.9 Å². The lowest BCUT2D eigenvalue weighted by Crippen LogP contribution is -2.30. The number of ether oxygens (including phenoxy) is 1. The van der Waals surface area contributed by atoms with Crippen molar-refractivity contribution in [2.45, 2.75) is 32.2 Å². The molecule has 4 nitrogen and oxygen atoms in total. The van der Waals surface area contributed by atoms with Crippen molar-refractivity contribution in [3.8, 4) is 5.75 Å². The van der Waals surface area contributed by atoms with Gasteiger partial charge in [-0.25, -0.2) is 0 Å². The second-order valence-corrected chi connectivity index (χ2v) is 5.30. The van der Waals surface area contributed by atoms with Crippen molar-refractivity contribution in [1.82, 2.24) is 10.3 Å². The van der Waals surface area contributed by atoms with Gasteiger partial charge in [0.05, 0.1) is 6.04 Å². The summed E-state index contributed by atoms with van der Waals surface area (Å²) in [7, 11) is 0. The molecule has 0 saturated heterocycles. The van der Waals surface area contributed by atoms with Crippen LogP contribution in [0.3, 0.4) is 0 Å². The van der Waals surface area contributed by atoms with E-state index in [1.807, 2.05) is 12.1 Å². The zero-order chi connectivity index (χ0) is 17.6. The zero-order valence-electron chi connectivity index (χ0n) is 13.0. The Bertz CT molecular complexity index is 658. The number of halogens is 3. The third kappa shape index (κ3) is 5.91. The summed E-state index contributed by atoms with van der Waals surface area (Å²) < 4.78 is 42.1. The number of carbonyl (C=O) groups excluding carboxylic acids is 1. The van der Waals surface area contributed by atoms with Crippen molar-refractivity contribution in [1.29, 1.82) is 0 Å². The van der Waals surface area contributed by atoms with Crippen LogP contribution in [0.5, 0.6) is 5.75 Å². The van der Waals surface area contributed by atoms with Crippen molar-refractivity contribution < 1.29 is 22.7 Å². The fourth-order valence-electron chi connectivity index (χ4n) is 2.06. The second kappa shape index (κ2) is 7.81. The first kappa shape index (κ1) is 17.8. The molecular weight excluding hydrogens is 321 g/mol. The van der Waals surface area contributed by atoms with Gasteiger partial charge in [-0.05, 0) is 30.7 Å². The molecule has 0 unspecified atom stereocenters. The number of nitrogens with zero attached hydrogens (tertiary/aromatic N) is 1. The van der Waals surface area contributed by atoms with Crippen LogP contribution in [0.4, 0.5) is 13.2 Å². The summed E-state index contributed by atoms with van der Waals surface area (Å²) >= 11 is 0. The monoisotopic (exact) mass is 338 g/mol. The molecule has 0 saturated carbocycles. The molecule has 1 atom stereocenters. The molecule has 0 radical (unpaired) electrons. The Morgan fingerprint density at radius 1 is 1.25 bits per heavy atom. The molecular formula is C17H17F3N2O2. The molecule has 0 aliphatic heterocycles. The van der Waals surface area contributed by atoms with E-state index in [2.05, 4.69) is 10.3 Å². The minimum absolute atomic E-state index is 0.366. The van der Waals surface area contributed by atoms with Crippen LogP contribution in [0.1, 0.15) is 30.5 Å². The smallest absolute Gasteiger partial charge is 0.397 e. The van der Waals surface area contributed by atoms with Gasteiger partial charge in [-0.15, -0.1) is 0 Å². The maximum Gasteiger partial charge on any atom is 0.397 e. The van der Waals surface area contributed by atoms with E-state index in [-0.39, 0.29) is 0 Å². The van der Waals surface area contributed by atoms with Gasteiger partial charge in [-0.2, -0.15) is 13.2 Å². The molecule has 1 N–H and O–H groups in total. The average molecular weight is 338 g/mol. The van der Waals surface area contributed by atoms with Crippen molar-refractivity contribution in [2.75, 3.05) is 0 Å². The number of amides is 1. The van der Waals surface area contributed by atoms with Gasteiger partial charge >= 0.3 is 6.18 Å². The van der Waals surface area contributed by atoms with Crippen LogP contribution in [0.25, 0.3) is 0 Å². The van der Waals surface area contributed by atoms with E-state index in [0.29, 0.717) is 17.9 Å². The Kier molecular flexibility index (Phi) is 5.78. The Labute approximate surface area is 137 Å². The predicted molar refractivity (Wildman–Crippen MR) is 82.2 cm³/mol. The van der Waals surface area contributed by atoms with Gasteiger partial charge in [0.1, 0.15) is 18.8 Å². The van der Waals surface area contributed by atoms with Crippen LogP contribution in [-0.4, -0.2) is 17.1 Å². The molecule has 1 aromatic heterocycles. The summed E-state index contributed by atoms with van der Waals surface area (Å²) in [4.78, 5) is 15.3. The van der Waals surface area contributed by atoms with Gasteiger partial charge in [0.2, 0.25) is 5.91 Å². The minimum Gasteiger partial charge on any atom is -0.489 e. The van der Waals surface area contributed by atoms with Crippen LogP contribution in [0.2, 0.25) is 0 Å². The van der Waals surface area contributed by atoms with E-state index in [9.17, 15) is 18.0 Å². The number of alkyl halides is 3. The quantitative estimate of drug-likeness (QED) is 0.872. The van der Waals surface area contributed by atoms with Crippen LogP contribution in [-0.2, 0) is 11.4 Å². The molecule has 0 aliphatic rings. The molecule has 1 amide bonds. The molecule has 0 spiro atoms. The number of hydrogen-bond acceptors (Lipinski definition) is 3. The fraction of sp³-hybridized carbons (Fsp3) is 0.294. The number of benzene rings is 1. The number of pyridine rings is 1. The van der Waals surface area contributed by atoms with E-state index in [1.165, 1.54) is 0 Å². The van der Waals surface area contributed by atoms with Crippen molar-refractivity contribution in [3.63, 3.8) is 0 Å². The van der Waals surface area contributed by atoms with E-state index in [0.717, 1.165) is 5.56 Å². The van der Waals surface area contributed by atoms with Crippen LogP contribution >= 0.6 is 0 Å². The molecule has 128 valence electrons. The number of carbonyl (C=O) groups is 1. The maximum absolute atomic E-state index is 12.2. The average Bonchev–Trinajstić information content (AvgIpc) is 2.52. The topological polar surface area (TPSA) is 51.2 Å². The second-order valence-electron chi connectivity index (χ2n) is 5.30. The number of nitrogens with one attached hydrogen (secondary N) is 1. The molecule has 0 aliphatic carbocycles. The lowest BCUT2D eigenvalue weighted by Gasteiger charge is -2.16. The SMILES string of the molecule is C[C@@H](NC(=O)CC(F)(F)F)c1ccc(OCc2cccnc2)cc1. The van der Waals surface area contributed by atoms with Crippen LogP contribution < -0.4 is 10.1 Å². The Hall–Kier alpha value is -2.57. The Morgan fingerprint density at radius 2 is 1.96 bits per heavy atom. The molecule has 0 bridgehead atoms. The van der Waals surface area contributed by atoms with Crippen molar-refractivity contribution >= 4 is 5.91 Å². The Balaban J connectivity index is 1.88. The molecule has 1 aromatic carbocycles. The van der Waals surface area contributed by atoms with Gasteiger partial charge in [0.25, 0.3) is 0 Å². The highest BCUT2D eigenvalue weighted by Gasteiger charge is 2.31. The van der Waals surface area contributed by atoms with E-state index < -0.39 is 24.5 Å². The normalized spacial score (nSPS) is 12.5. The predicted octanol–water partition coefficient (Wildman–Crippen LogP) is 3.79. The molecule has 2 aromatic rings. The van der Waals surface area contributed by atoms with Gasteiger partial charge in [0, 0.05) is 18.0 Å². The van der Waals surface area contributed by atoms with E-state index in [4.69, 9.17) is 4.74 Å². The third-order valence-electron chi connectivity index (χ3n) is 3.25. The third-order valence-corrected chi connectivity index (χ3v) is 3.25. The Morgan fingerprint density at radius 3 is 2.54 bits per heavy atom. The summed E-state index contributed by atoms with van der Waals surface area (Å²) in [6.07, 6.45) is -2.61. The summed E-state index contributed by atoms with van der Waals surface area (Å²) in [5, 5.41) is 2.32. The van der Waals surface area contributed by atoms with Gasteiger partial charge in [0.15, 0.2) is 0 Å². The van der Waals surface area contributed by atoms with Gasteiger partial charge in [-0.3, -0.25) is 9.78 Å². The lowest BCUT2D eigenvalue weighted by molar-refractivity contribution is -0.154. The number of aromatic nitrogens is 1. The highest BCUT2D eigenvalue weighted by Crippen LogP contribution is 2.21. The highest BCUT2D eigenvalue weighted by molar-refractivity contribution is 5.77. The summed E-state index contributed by atoms with van der Waals surface area (Å²) in [5.41, 5.74) is 1.62. The van der Waals surface area contributed by atoms with E-state index >= 15 is 0 Å². The molecule has 1 heterocycles. The largest absolute Gasteiger partial charge is 0.489 e. The molecule has 7 heteroatoms. The molecule has 24 heavy (non-hydrogen) atoms. The van der Waals surface area contributed by atoms with Gasteiger partial charge < -0.3 is 10.1 Å².